The van der Waals surface area contributed by atoms with Gasteiger partial charge in [-0.2, -0.15) is 0 Å². The van der Waals surface area contributed by atoms with Gasteiger partial charge in [0.25, 0.3) is 0 Å². The number of methoxy groups -OCH3 is 3. The molecule has 0 saturated carbocycles. The molecule has 0 heterocycles. The smallest absolute Gasteiger partial charge is 0.331 e. The molecule has 6 nitrogen and oxygen atoms in total. The minimum Gasteiger partial charge on any atom is -0.497 e. The molecule has 1 amide bonds. The Morgan fingerprint density at radius 3 is 2.13 bits per heavy atom. The predicted octanol–water partition coefficient (Wildman–Crippen LogP) is 2.17. The molecule has 0 radical (unpaired) electrons. The van der Waals surface area contributed by atoms with Gasteiger partial charge in [-0.1, -0.05) is 6.92 Å². The summed E-state index contributed by atoms with van der Waals surface area (Å²) >= 11 is 0. The lowest BCUT2D eigenvalue weighted by Gasteiger charge is -2.25. The lowest BCUT2D eigenvalue weighted by atomic mass is 9.99. The maximum Gasteiger partial charge on any atom is 0.331 e. The van der Waals surface area contributed by atoms with Gasteiger partial charge in [0.2, 0.25) is 5.91 Å². The maximum absolute atomic E-state index is 12.1. The van der Waals surface area contributed by atoms with E-state index in [1.165, 1.54) is 13.2 Å². The number of hydrogen-bond acceptors (Lipinski definition) is 5. The Morgan fingerprint density at radius 1 is 1.13 bits per heavy atom. The molecule has 0 fully saturated rings. The van der Waals surface area contributed by atoms with Gasteiger partial charge in [0.15, 0.2) is 0 Å². The van der Waals surface area contributed by atoms with E-state index in [9.17, 15) is 9.59 Å². The van der Waals surface area contributed by atoms with Gasteiger partial charge in [-0.05, 0) is 37.1 Å². The van der Waals surface area contributed by atoms with Crippen LogP contribution in [-0.4, -0.2) is 38.7 Å². The van der Waals surface area contributed by atoms with Crippen molar-refractivity contribution in [3.8, 4) is 11.5 Å². The Labute approximate surface area is 136 Å². The number of amides is 1. The summed E-state index contributed by atoms with van der Waals surface area (Å²) in [6, 6.07) is 5.28. The number of hydrogen-bond donors (Lipinski definition) is 1. The molecular weight excluding hydrogens is 298 g/mol. The fourth-order valence-electron chi connectivity index (χ4n) is 1.92. The van der Waals surface area contributed by atoms with Crippen molar-refractivity contribution in [3.05, 3.63) is 29.8 Å². The molecule has 0 aromatic heterocycles. The van der Waals surface area contributed by atoms with E-state index in [4.69, 9.17) is 14.2 Å². The molecule has 0 aliphatic carbocycles. The van der Waals surface area contributed by atoms with Crippen molar-refractivity contribution in [1.82, 2.24) is 5.32 Å². The zero-order valence-electron chi connectivity index (χ0n) is 14.1. The van der Waals surface area contributed by atoms with Crippen LogP contribution in [0.4, 0.5) is 0 Å². The third-order valence-electron chi connectivity index (χ3n) is 3.54. The van der Waals surface area contributed by atoms with Crippen LogP contribution >= 0.6 is 0 Å². The molecule has 1 aromatic rings. The second-order valence-electron chi connectivity index (χ2n) is 5.15. The number of carbonyl (C=O) groups excluding carboxylic acids is 2. The van der Waals surface area contributed by atoms with Crippen LogP contribution in [0.2, 0.25) is 0 Å². The van der Waals surface area contributed by atoms with Crippen LogP contribution < -0.4 is 14.8 Å². The predicted molar refractivity (Wildman–Crippen MR) is 87.4 cm³/mol. The quantitative estimate of drug-likeness (QED) is 0.615. The number of nitrogens with one attached hydrogen (secondary N) is 1. The molecule has 0 aliphatic heterocycles. The van der Waals surface area contributed by atoms with Gasteiger partial charge in [-0.3, -0.25) is 4.79 Å². The largest absolute Gasteiger partial charge is 0.497 e. The normalized spacial score (nSPS) is 13.3. The summed E-state index contributed by atoms with van der Waals surface area (Å²) in [5, 5.41) is 2.66. The van der Waals surface area contributed by atoms with Crippen LogP contribution in [0, 0.1) is 0 Å². The molecule has 6 heteroatoms. The summed E-state index contributed by atoms with van der Waals surface area (Å²) < 4.78 is 15.1. The third-order valence-corrected chi connectivity index (χ3v) is 3.54. The van der Waals surface area contributed by atoms with E-state index < -0.39 is 11.5 Å². The average Bonchev–Trinajstić information content (AvgIpc) is 2.58. The summed E-state index contributed by atoms with van der Waals surface area (Å²) in [6.07, 6.45) is 3.39. The topological polar surface area (TPSA) is 73.9 Å². The Bertz CT molecular complexity index is 574. The summed E-state index contributed by atoms with van der Waals surface area (Å²) in [7, 11) is 4.40. The minimum absolute atomic E-state index is 0.387. The van der Waals surface area contributed by atoms with E-state index >= 15 is 0 Å². The van der Waals surface area contributed by atoms with E-state index in [0.29, 0.717) is 17.9 Å². The molecular formula is C17H23NO5. The zero-order valence-corrected chi connectivity index (χ0v) is 14.1. The minimum atomic E-state index is -1.05. The molecule has 0 unspecified atom stereocenters. The number of carbonyl (C=O) groups is 2. The molecule has 0 bridgehead atoms. The summed E-state index contributed by atoms with van der Waals surface area (Å²) in [5.74, 6) is 0.376. The molecule has 1 atom stereocenters. The van der Waals surface area contributed by atoms with E-state index in [0.717, 1.165) is 5.56 Å². The van der Waals surface area contributed by atoms with Gasteiger partial charge in [-0.25, -0.2) is 4.79 Å². The Morgan fingerprint density at radius 2 is 1.70 bits per heavy atom. The van der Waals surface area contributed by atoms with Crippen LogP contribution in [0.25, 0.3) is 6.08 Å². The number of rotatable bonds is 7. The van der Waals surface area contributed by atoms with Crippen molar-refractivity contribution in [2.75, 3.05) is 21.3 Å². The van der Waals surface area contributed by atoms with E-state index in [1.54, 1.807) is 52.3 Å². The first-order chi connectivity index (χ1) is 10.9. The number of esters is 1. The monoisotopic (exact) mass is 321 g/mol. The molecule has 0 aliphatic rings. The third kappa shape index (κ3) is 5.02. The van der Waals surface area contributed by atoms with Crippen molar-refractivity contribution in [3.63, 3.8) is 0 Å². The second-order valence-corrected chi connectivity index (χ2v) is 5.15. The van der Waals surface area contributed by atoms with Crippen LogP contribution in [0.15, 0.2) is 24.3 Å². The Balaban J connectivity index is 2.88. The molecule has 0 saturated heterocycles. The lowest BCUT2D eigenvalue weighted by Crippen LogP contribution is -2.51. The summed E-state index contributed by atoms with van der Waals surface area (Å²) in [5.41, 5.74) is -0.310. The van der Waals surface area contributed by atoms with Crippen LogP contribution in [-0.2, 0) is 14.3 Å². The van der Waals surface area contributed by atoms with Gasteiger partial charge >= 0.3 is 5.97 Å². The van der Waals surface area contributed by atoms with E-state index in [1.807, 2.05) is 0 Å². The van der Waals surface area contributed by atoms with E-state index in [2.05, 4.69) is 5.32 Å². The molecule has 1 N–H and O–H groups in total. The number of benzene rings is 1. The molecule has 1 rings (SSSR count). The highest BCUT2D eigenvalue weighted by molar-refractivity contribution is 5.96. The first kappa shape index (κ1) is 18.5. The van der Waals surface area contributed by atoms with Gasteiger partial charge in [0.05, 0.1) is 21.3 Å². The first-order valence-corrected chi connectivity index (χ1v) is 7.20. The van der Waals surface area contributed by atoms with Gasteiger partial charge in [0.1, 0.15) is 17.0 Å². The highest BCUT2D eigenvalue weighted by Gasteiger charge is 2.33. The fraction of sp³-hybridized carbons (Fsp3) is 0.412. The van der Waals surface area contributed by atoms with Crippen molar-refractivity contribution in [2.24, 2.45) is 0 Å². The molecule has 0 spiro atoms. The van der Waals surface area contributed by atoms with Crippen molar-refractivity contribution >= 4 is 18.0 Å². The van der Waals surface area contributed by atoms with Crippen molar-refractivity contribution in [1.29, 1.82) is 0 Å². The molecule has 1 aromatic carbocycles. The highest BCUT2D eigenvalue weighted by Crippen LogP contribution is 2.23. The van der Waals surface area contributed by atoms with Gasteiger partial charge in [0, 0.05) is 12.1 Å². The summed E-state index contributed by atoms with van der Waals surface area (Å²) in [6.45, 7) is 3.42. The van der Waals surface area contributed by atoms with Crippen LogP contribution in [0.3, 0.4) is 0 Å². The van der Waals surface area contributed by atoms with E-state index in [-0.39, 0.29) is 5.91 Å². The second kappa shape index (κ2) is 8.22. The Kier molecular flexibility index (Phi) is 6.63. The highest BCUT2D eigenvalue weighted by atomic mass is 16.5. The zero-order chi connectivity index (χ0) is 17.5. The maximum atomic E-state index is 12.1. The molecule has 23 heavy (non-hydrogen) atoms. The average molecular weight is 321 g/mol. The fourth-order valence-corrected chi connectivity index (χ4v) is 1.92. The molecule has 126 valence electrons. The Hall–Kier alpha value is -2.50. The van der Waals surface area contributed by atoms with Gasteiger partial charge in [-0.15, -0.1) is 0 Å². The van der Waals surface area contributed by atoms with Crippen molar-refractivity contribution < 1.29 is 23.8 Å². The van der Waals surface area contributed by atoms with Crippen LogP contribution in [0.5, 0.6) is 11.5 Å². The first-order valence-electron chi connectivity index (χ1n) is 7.20. The van der Waals surface area contributed by atoms with Crippen LogP contribution in [0.1, 0.15) is 25.8 Å². The SMILES string of the molecule is CC[C@@](C)(NC(=O)/C=C/c1cc(OC)cc(OC)c1)C(=O)OC. The number of ether oxygens (including phenoxy) is 3. The van der Waals surface area contributed by atoms with Crippen molar-refractivity contribution in [2.45, 2.75) is 25.8 Å². The summed E-state index contributed by atoms with van der Waals surface area (Å²) in [4.78, 5) is 23.8. The standard InChI is InChI=1S/C17H23NO5/c1-6-17(2,16(20)23-5)18-15(19)8-7-12-9-13(21-3)11-14(10-12)22-4/h7-11H,6H2,1-5H3,(H,18,19)/b8-7+/t17-/m1/s1. The lowest BCUT2D eigenvalue weighted by molar-refractivity contribution is -0.149. The van der Waals surface area contributed by atoms with Gasteiger partial charge < -0.3 is 19.5 Å².